The number of hydrogen-bond donors (Lipinski definition) is 3. The molecule has 2 aromatic carbocycles. The van der Waals surface area contributed by atoms with Crippen molar-refractivity contribution in [2.45, 2.75) is 115 Å². The number of carbonyl (C=O) groups excluding carboxylic acids is 4. The van der Waals surface area contributed by atoms with Crippen molar-refractivity contribution in [2.24, 2.45) is 11.3 Å². The van der Waals surface area contributed by atoms with Crippen molar-refractivity contribution in [3.05, 3.63) is 84.8 Å². The maximum absolute atomic E-state index is 14.8. The minimum Gasteiger partial charge on any atom is -0.497 e. The van der Waals surface area contributed by atoms with Crippen LogP contribution in [0.15, 0.2) is 77.8 Å². The van der Waals surface area contributed by atoms with Crippen LogP contribution in [0.2, 0.25) is 0 Å². The van der Waals surface area contributed by atoms with E-state index in [1.807, 2.05) is 36.4 Å². The van der Waals surface area contributed by atoms with Gasteiger partial charge in [-0.05, 0) is 64.5 Å². The van der Waals surface area contributed by atoms with Crippen molar-refractivity contribution in [1.29, 1.82) is 0 Å². The summed E-state index contributed by atoms with van der Waals surface area (Å²) in [5.74, 6) is -1.22. The van der Waals surface area contributed by atoms with Crippen molar-refractivity contribution in [3.63, 3.8) is 0 Å². The molecule has 3 N–H and O–H groups in total. The zero-order valence-corrected chi connectivity index (χ0v) is 37.8. The number of hydrogen-bond acceptors (Lipinski definition) is 12. The van der Waals surface area contributed by atoms with Gasteiger partial charge in [0, 0.05) is 47.9 Å². The van der Waals surface area contributed by atoms with Gasteiger partial charge in [-0.15, -0.1) is 6.58 Å². The van der Waals surface area contributed by atoms with Crippen LogP contribution >= 0.6 is 0 Å². The molecule has 63 heavy (non-hydrogen) atoms. The monoisotopic (exact) mass is 884 g/mol. The SMILES string of the molecule is C=CC1CC1(NC(=O)C1CC(Oc2cc(-c3ccccc3)nc3cc(OC)ccc23)CN1C(=O)C(NC(=O)OC(C)(C)C)C(C)(C)C)C(=O)NS(=O)(=O)C1(Cc2cc(C)on2)CC1. The van der Waals surface area contributed by atoms with E-state index in [0.717, 1.165) is 5.56 Å². The number of carbonyl (C=O) groups is 4. The van der Waals surface area contributed by atoms with Gasteiger partial charge in [0.1, 0.15) is 46.6 Å². The molecule has 336 valence electrons. The second-order valence-electron chi connectivity index (χ2n) is 18.9. The molecule has 1 aliphatic heterocycles. The molecule has 5 unspecified atom stereocenters. The van der Waals surface area contributed by atoms with E-state index in [4.69, 9.17) is 23.7 Å². The fourth-order valence-corrected chi connectivity index (χ4v) is 9.74. The molecule has 1 saturated heterocycles. The van der Waals surface area contributed by atoms with E-state index >= 15 is 0 Å². The Kier molecular flexibility index (Phi) is 11.9. The summed E-state index contributed by atoms with van der Waals surface area (Å²) < 4.78 is 51.6. The van der Waals surface area contributed by atoms with E-state index in [-0.39, 0.29) is 25.8 Å². The lowest BCUT2D eigenvalue weighted by atomic mass is 9.85. The topological polar surface area (TPSA) is 208 Å². The molecule has 0 spiro atoms. The highest BCUT2D eigenvalue weighted by Crippen LogP contribution is 2.48. The number of aromatic nitrogens is 2. The number of alkyl carbamates (subject to hydrolysis) is 1. The van der Waals surface area contributed by atoms with Gasteiger partial charge in [-0.1, -0.05) is 62.3 Å². The first-order chi connectivity index (χ1) is 29.6. The Morgan fingerprint density at radius 1 is 1.03 bits per heavy atom. The summed E-state index contributed by atoms with van der Waals surface area (Å²) in [5.41, 5.74) is -0.876. The van der Waals surface area contributed by atoms with Gasteiger partial charge in [-0.2, -0.15) is 0 Å². The number of ether oxygens (including phenoxy) is 3. The zero-order chi connectivity index (χ0) is 45.7. The molecule has 16 nitrogen and oxygen atoms in total. The average molecular weight is 885 g/mol. The quantitative estimate of drug-likeness (QED) is 0.129. The summed E-state index contributed by atoms with van der Waals surface area (Å²) in [6.45, 7) is 15.9. The van der Waals surface area contributed by atoms with Crippen molar-refractivity contribution in [1.82, 2.24) is 30.4 Å². The normalized spacial score (nSPS) is 22.1. The molecule has 0 radical (unpaired) electrons. The number of pyridine rings is 1. The summed E-state index contributed by atoms with van der Waals surface area (Å²) in [6, 6.07) is 16.0. The smallest absolute Gasteiger partial charge is 0.408 e. The minimum atomic E-state index is -4.25. The highest BCUT2D eigenvalue weighted by atomic mass is 32.2. The van der Waals surface area contributed by atoms with Gasteiger partial charge in [0.15, 0.2) is 0 Å². The standard InChI is InChI=1S/C46H56N6O10S/c1-10-29-24-46(29,41(55)51-63(57,58)45(18-19-45)25-30-20-27(2)62-50-30)49-39(53)36-22-32(26-52(36)40(54)38(43(3,4)5)48-42(56)61-44(6,7)8)60-37-23-34(28-14-12-11-13-15-28)47-35-21-31(59-9)16-17-33(35)37/h10-17,20-21,23,29,32,36,38H,1,18-19,22,24-26H2,2-9H3,(H,48,56)(H,49,53)(H,51,55). The van der Waals surface area contributed by atoms with E-state index in [9.17, 15) is 27.6 Å². The molecule has 3 fully saturated rings. The fourth-order valence-electron chi connectivity index (χ4n) is 8.12. The van der Waals surface area contributed by atoms with Gasteiger partial charge in [0.25, 0.3) is 5.91 Å². The van der Waals surface area contributed by atoms with E-state index < -0.39 is 79.2 Å². The summed E-state index contributed by atoms with van der Waals surface area (Å²) >= 11 is 0. The minimum absolute atomic E-state index is 0.0174. The van der Waals surface area contributed by atoms with Crippen LogP contribution in [0.4, 0.5) is 4.79 Å². The third kappa shape index (κ3) is 9.53. The Morgan fingerprint density at radius 3 is 2.33 bits per heavy atom. The number of rotatable bonds is 14. The maximum Gasteiger partial charge on any atom is 0.408 e. The van der Waals surface area contributed by atoms with Gasteiger partial charge in [-0.3, -0.25) is 19.1 Å². The van der Waals surface area contributed by atoms with E-state index in [0.29, 0.717) is 52.4 Å². The average Bonchev–Trinajstić information content (AvgIpc) is 4.06. The lowest BCUT2D eigenvalue weighted by Gasteiger charge is -2.36. The Bertz CT molecular complexity index is 2540. The molecule has 2 saturated carbocycles. The first-order valence-corrected chi connectivity index (χ1v) is 22.5. The largest absolute Gasteiger partial charge is 0.497 e. The molecule has 2 aromatic heterocycles. The number of likely N-dealkylation sites (tertiary alicyclic amines) is 1. The first kappa shape index (κ1) is 45.1. The van der Waals surface area contributed by atoms with Crippen LogP contribution in [0.25, 0.3) is 22.2 Å². The van der Waals surface area contributed by atoms with E-state index in [1.165, 1.54) is 11.0 Å². The van der Waals surface area contributed by atoms with Crippen LogP contribution in [-0.2, 0) is 35.6 Å². The second kappa shape index (κ2) is 16.6. The number of aryl methyl sites for hydroxylation is 1. The van der Waals surface area contributed by atoms with Crippen molar-refractivity contribution in [2.75, 3.05) is 13.7 Å². The molecule has 4 amide bonds. The Morgan fingerprint density at radius 2 is 1.75 bits per heavy atom. The Hall–Kier alpha value is -5.97. The number of sulfonamides is 1. The molecule has 0 bridgehead atoms. The van der Waals surface area contributed by atoms with E-state index in [1.54, 1.807) is 79.8 Å². The van der Waals surface area contributed by atoms with Gasteiger partial charge in [0.05, 0.1) is 35.3 Å². The van der Waals surface area contributed by atoms with Crippen molar-refractivity contribution in [3.8, 4) is 22.8 Å². The van der Waals surface area contributed by atoms with Crippen LogP contribution in [0.5, 0.6) is 11.5 Å². The molecular formula is C46H56N6O10S. The van der Waals surface area contributed by atoms with Crippen molar-refractivity contribution < 1.29 is 46.3 Å². The number of nitrogens with zero attached hydrogens (tertiary/aromatic N) is 3. The van der Waals surface area contributed by atoms with Gasteiger partial charge in [0.2, 0.25) is 21.8 Å². The predicted octanol–water partition coefficient (Wildman–Crippen LogP) is 5.78. The highest BCUT2D eigenvalue weighted by molar-refractivity contribution is 7.91. The number of methoxy groups -OCH3 is 1. The lowest BCUT2D eigenvalue weighted by Crippen LogP contribution is -2.60. The Balaban J connectivity index is 1.20. The molecule has 17 heteroatoms. The number of nitrogens with one attached hydrogen (secondary N) is 3. The predicted molar refractivity (Wildman–Crippen MR) is 234 cm³/mol. The third-order valence-corrected chi connectivity index (χ3v) is 13.9. The van der Waals surface area contributed by atoms with Gasteiger partial charge in [-0.25, -0.2) is 18.2 Å². The van der Waals surface area contributed by atoms with Gasteiger partial charge >= 0.3 is 6.09 Å². The fraction of sp³-hybridized carbons (Fsp3) is 0.478. The molecule has 7 rings (SSSR count). The molecule has 4 aromatic rings. The summed E-state index contributed by atoms with van der Waals surface area (Å²) in [6.07, 6.45) is 0.656. The summed E-state index contributed by atoms with van der Waals surface area (Å²) in [4.78, 5) is 63.1. The number of amides is 4. The first-order valence-electron chi connectivity index (χ1n) is 21.0. The third-order valence-electron chi connectivity index (χ3n) is 11.8. The van der Waals surface area contributed by atoms with Crippen LogP contribution in [-0.4, -0.2) is 95.0 Å². The van der Waals surface area contributed by atoms with E-state index in [2.05, 4.69) is 27.1 Å². The number of benzene rings is 2. The van der Waals surface area contributed by atoms with Crippen LogP contribution in [0, 0.1) is 18.3 Å². The second-order valence-corrected chi connectivity index (χ2v) is 21.0. The molecule has 3 aliphatic rings. The Labute approximate surface area is 367 Å². The van der Waals surface area contributed by atoms with Crippen molar-refractivity contribution >= 4 is 44.7 Å². The van der Waals surface area contributed by atoms with Crippen LogP contribution < -0.4 is 24.8 Å². The molecule has 5 atom stereocenters. The van der Waals surface area contributed by atoms with Gasteiger partial charge < -0.3 is 34.3 Å². The summed E-state index contributed by atoms with van der Waals surface area (Å²) in [5, 5.41) is 10.2. The lowest BCUT2D eigenvalue weighted by molar-refractivity contribution is -0.143. The zero-order valence-electron chi connectivity index (χ0n) is 36.9. The summed E-state index contributed by atoms with van der Waals surface area (Å²) in [7, 11) is -2.69. The molecule has 2 aliphatic carbocycles. The maximum atomic E-state index is 14.8. The highest BCUT2D eigenvalue weighted by Gasteiger charge is 2.64. The number of fused-ring (bicyclic) bond motifs is 1. The molecule has 3 heterocycles. The van der Waals surface area contributed by atoms with Crippen LogP contribution in [0.1, 0.15) is 78.7 Å². The van der Waals surface area contributed by atoms with Crippen LogP contribution in [0.3, 0.4) is 0 Å². The molecular weight excluding hydrogens is 829 g/mol.